The van der Waals surface area contributed by atoms with Gasteiger partial charge in [-0.25, -0.2) is 0 Å². The maximum atomic E-state index is 3.70. The molecule has 1 unspecified atom stereocenters. The lowest BCUT2D eigenvalue weighted by Gasteiger charge is -2.24. The van der Waals surface area contributed by atoms with E-state index in [1.807, 2.05) is 11.3 Å². The summed E-state index contributed by atoms with van der Waals surface area (Å²) in [5.41, 5.74) is 1.70. The zero-order valence-electron chi connectivity index (χ0n) is 10.1. The highest BCUT2D eigenvalue weighted by Gasteiger charge is 2.27. The SMILES string of the molecule is CC1(NCc2csc3ccccc23)CCNC1. The number of hydrogen-bond donors (Lipinski definition) is 2. The van der Waals surface area contributed by atoms with Gasteiger partial charge in [0.2, 0.25) is 0 Å². The Morgan fingerprint density at radius 3 is 3.12 bits per heavy atom. The maximum Gasteiger partial charge on any atom is 0.0346 e. The minimum atomic E-state index is 0.267. The van der Waals surface area contributed by atoms with E-state index >= 15 is 0 Å². The van der Waals surface area contributed by atoms with E-state index in [9.17, 15) is 0 Å². The number of thiophene rings is 1. The molecule has 1 aromatic carbocycles. The van der Waals surface area contributed by atoms with E-state index in [4.69, 9.17) is 0 Å². The van der Waals surface area contributed by atoms with E-state index in [0.717, 1.165) is 19.6 Å². The number of nitrogens with one attached hydrogen (secondary N) is 2. The van der Waals surface area contributed by atoms with Crippen LogP contribution in [0.1, 0.15) is 18.9 Å². The Labute approximate surface area is 106 Å². The fraction of sp³-hybridized carbons (Fsp3) is 0.429. The predicted octanol–water partition coefficient (Wildman–Crippen LogP) is 2.74. The third-order valence-corrected chi connectivity index (χ3v) is 4.65. The summed E-state index contributed by atoms with van der Waals surface area (Å²) in [6.45, 7) is 5.49. The van der Waals surface area contributed by atoms with Gasteiger partial charge in [-0.3, -0.25) is 0 Å². The molecule has 2 nitrogen and oxygen atoms in total. The summed E-state index contributed by atoms with van der Waals surface area (Å²) >= 11 is 1.84. The van der Waals surface area contributed by atoms with Crippen LogP contribution in [0.3, 0.4) is 0 Å². The lowest BCUT2D eigenvalue weighted by atomic mass is 10.0. The molecule has 1 aliphatic heterocycles. The largest absolute Gasteiger partial charge is 0.315 e. The lowest BCUT2D eigenvalue weighted by molar-refractivity contribution is 0.386. The minimum absolute atomic E-state index is 0.267. The third kappa shape index (κ3) is 2.23. The van der Waals surface area contributed by atoms with Gasteiger partial charge < -0.3 is 10.6 Å². The van der Waals surface area contributed by atoms with Crippen molar-refractivity contribution in [1.82, 2.24) is 10.6 Å². The molecule has 0 amide bonds. The van der Waals surface area contributed by atoms with Crippen LogP contribution in [0.25, 0.3) is 10.1 Å². The molecule has 1 atom stereocenters. The fourth-order valence-corrected chi connectivity index (χ4v) is 3.41. The highest BCUT2D eigenvalue weighted by Crippen LogP contribution is 2.26. The average molecular weight is 246 g/mol. The number of benzene rings is 1. The maximum absolute atomic E-state index is 3.70. The number of fused-ring (bicyclic) bond motifs is 1. The second-order valence-electron chi connectivity index (χ2n) is 5.10. The van der Waals surface area contributed by atoms with Crippen molar-refractivity contribution in [3.8, 4) is 0 Å². The van der Waals surface area contributed by atoms with Crippen LogP contribution in [-0.4, -0.2) is 18.6 Å². The summed E-state index contributed by atoms with van der Waals surface area (Å²) in [7, 11) is 0. The van der Waals surface area contributed by atoms with Crippen LogP contribution in [0.4, 0.5) is 0 Å². The molecule has 0 radical (unpaired) electrons. The molecule has 0 spiro atoms. The molecule has 0 bridgehead atoms. The van der Waals surface area contributed by atoms with Crippen molar-refractivity contribution >= 4 is 21.4 Å². The Balaban J connectivity index is 1.76. The molecule has 2 heterocycles. The predicted molar refractivity (Wildman–Crippen MR) is 74.6 cm³/mol. The summed E-state index contributed by atoms with van der Waals surface area (Å²) in [4.78, 5) is 0. The Morgan fingerprint density at radius 2 is 2.29 bits per heavy atom. The Morgan fingerprint density at radius 1 is 1.41 bits per heavy atom. The van der Waals surface area contributed by atoms with Crippen LogP contribution in [0.2, 0.25) is 0 Å². The Bertz CT molecular complexity index is 512. The second kappa shape index (κ2) is 4.41. The van der Waals surface area contributed by atoms with Gasteiger partial charge in [0.05, 0.1) is 0 Å². The van der Waals surface area contributed by atoms with Gasteiger partial charge >= 0.3 is 0 Å². The molecular formula is C14H18N2S. The molecule has 1 aliphatic rings. The molecule has 1 saturated heterocycles. The minimum Gasteiger partial charge on any atom is -0.315 e. The zero-order valence-corrected chi connectivity index (χ0v) is 10.9. The topological polar surface area (TPSA) is 24.1 Å². The normalized spacial score (nSPS) is 24.5. The summed E-state index contributed by atoms with van der Waals surface area (Å²) in [5, 5.41) is 10.8. The molecule has 2 N–H and O–H groups in total. The van der Waals surface area contributed by atoms with E-state index < -0.39 is 0 Å². The molecule has 2 aromatic rings. The van der Waals surface area contributed by atoms with Crippen LogP contribution < -0.4 is 10.6 Å². The van der Waals surface area contributed by atoms with Crippen molar-refractivity contribution in [3.05, 3.63) is 35.2 Å². The average Bonchev–Trinajstić information content (AvgIpc) is 2.94. The van der Waals surface area contributed by atoms with E-state index in [0.29, 0.717) is 0 Å². The Kier molecular flexibility index (Phi) is 2.90. The number of rotatable bonds is 3. The van der Waals surface area contributed by atoms with Gasteiger partial charge in [-0.2, -0.15) is 0 Å². The highest BCUT2D eigenvalue weighted by molar-refractivity contribution is 7.17. The van der Waals surface area contributed by atoms with Gasteiger partial charge in [0.25, 0.3) is 0 Å². The van der Waals surface area contributed by atoms with Crippen molar-refractivity contribution in [1.29, 1.82) is 0 Å². The summed E-state index contributed by atoms with van der Waals surface area (Å²) in [5.74, 6) is 0. The van der Waals surface area contributed by atoms with Gasteiger partial charge in [-0.05, 0) is 42.3 Å². The first-order chi connectivity index (χ1) is 8.27. The first-order valence-electron chi connectivity index (χ1n) is 6.18. The molecule has 90 valence electrons. The van der Waals surface area contributed by atoms with Crippen LogP contribution in [0.15, 0.2) is 29.6 Å². The lowest BCUT2D eigenvalue weighted by Crippen LogP contribution is -2.43. The first-order valence-corrected chi connectivity index (χ1v) is 7.06. The van der Waals surface area contributed by atoms with E-state index in [1.54, 1.807) is 0 Å². The second-order valence-corrected chi connectivity index (χ2v) is 6.01. The van der Waals surface area contributed by atoms with Gasteiger partial charge in [-0.15, -0.1) is 11.3 Å². The van der Waals surface area contributed by atoms with Crippen molar-refractivity contribution in [3.63, 3.8) is 0 Å². The molecule has 1 fully saturated rings. The van der Waals surface area contributed by atoms with Crippen molar-refractivity contribution in [2.45, 2.75) is 25.4 Å². The van der Waals surface area contributed by atoms with Crippen molar-refractivity contribution in [2.75, 3.05) is 13.1 Å². The molecule has 3 heteroatoms. The van der Waals surface area contributed by atoms with E-state index in [1.165, 1.54) is 22.1 Å². The summed E-state index contributed by atoms with van der Waals surface area (Å²) in [6.07, 6.45) is 1.22. The smallest absolute Gasteiger partial charge is 0.0346 e. The van der Waals surface area contributed by atoms with E-state index in [-0.39, 0.29) is 5.54 Å². The molecule has 0 saturated carbocycles. The quantitative estimate of drug-likeness (QED) is 0.870. The fourth-order valence-electron chi connectivity index (χ4n) is 2.45. The van der Waals surface area contributed by atoms with Crippen molar-refractivity contribution < 1.29 is 0 Å². The highest BCUT2D eigenvalue weighted by atomic mass is 32.1. The molecular weight excluding hydrogens is 228 g/mol. The van der Waals surface area contributed by atoms with Gasteiger partial charge in [0.15, 0.2) is 0 Å². The monoisotopic (exact) mass is 246 g/mol. The first kappa shape index (κ1) is 11.2. The van der Waals surface area contributed by atoms with Gasteiger partial charge in [0, 0.05) is 23.3 Å². The van der Waals surface area contributed by atoms with Gasteiger partial charge in [-0.1, -0.05) is 18.2 Å². The molecule has 1 aromatic heterocycles. The van der Waals surface area contributed by atoms with Crippen molar-refractivity contribution in [2.24, 2.45) is 0 Å². The van der Waals surface area contributed by atoms with Crippen LogP contribution >= 0.6 is 11.3 Å². The molecule has 0 aliphatic carbocycles. The molecule has 3 rings (SSSR count). The summed E-state index contributed by atoms with van der Waals surface area (Å²) < 4.78 is 1.39. The van der Waals surface area contributed by atoms with Crippen LogP contribution in [0.5, 0.6) is 0 Å². The van der Waals surface area contributed by atoms with Crippen LogP contribution in [-0.2, 0) is 6.54 Å². The van der Waals surface area contributed by atoms with E-state index in [2.05, 4.69) is 47.2 Å². The Hall–Kier alpha value is -0.900. The number of hydrogen-bond acceptors (Lipinski definition) is 3. The zero-order chi connectivity index (χ0) is 11.7. The summed E-state index contributed by atoms with van der Waals surface area (Å²) in [6, 6.07) is 8.65. The van der Waals surface area contributed by atoms with Gasteiger partial charge in [0.1, 0.15) is 0 Å². The third-order valence-electron chi connectivity index (χ3n) is 3.64. The molecule has 17 heavy (non-hydrogen) atoms. The van der Waals surface area contributed by atoms with Crippen LogP contribution in [0, 0.1) is 0 Å². The standard InChI is InChI=1S/C14H18N2S/c1-14(6-7-15-10-14)16-8-11-9-17-13-5-3-2-4-12(11)13/h2-5,9,15-16H,6-8,10H2,1H3.